The topological polar surface area (TPSA) is 35.2 Å². The molecule has 78 valence electrons. The van der Waals surface area contributed by atoms with Crippen LogP contribution in [0.25, 0.3) is 10.8 Å². The molecule has 2 heteroatoms. The Bertz CT molecular complexity index is 477. The van der Waals surface area contributed by atoms with Crippen molar-refractivity contribution in [2.75, 3.05) is 5.73 Å². The molecule has 0 unspecified atom stereocenters. The Balaban J connectivity index is 2.52. The van der Waals surface area contributed by atoms with Crippen LogP contribution >= 0.6 is 0 Å². The van der Waals surface area contributed by atoms with E-state index in [1.54, 1.807) is 0 Å². The largest absolute Gasteiger partial charge is 0.491 e. The van der Waals surface area contributed by atoms with Crippen LogP contribution in [0.2, 0.25) is 0 Å². The van der Waals surface area contributed by atoms with Gasteiger partial charge in [-0.15, -0.1) is 0 Å². The number of nitrogen functional groups attached to an aromatic ring is 1. The van der Waals surface area contributed by atoms with E-state index < -0.39 is 0 Å². The number of hydrogen-bond acceptors (Lipinski definition) is 2. The molecule has 0 aliphatic rings. The molecule has 0 heterocycles. The third kappa shape index (κ3) is 2.04. The fraction of sp³-hybridized carbons (Fsp3) is 0.231. The average Bonchev–Trinajstić information content (AvgIpc) is 2.16. The van der Waals surface area contributed by atoms with Crippen molar-refractivity contribution in [2.24, 2.45) is 0 Å². The van der Waals surface area contributed by atoms with E-state index in [4.69, 9.17) is 10.5 Å². The van der Waals surface area contributed by atoms with Crippen LogP contribution in [0.15, 0.2) is 36.4 Å². The third-order valence-corrected chi connectivity index (χ3v) is 2.24. The molecule has 2 aromatic carbocycles. The molecule has 0 aromatic heterocycles. The molecule has 0 aliphatic heterocycles. The third-order valence-electron chi connectivity index (χ3n) is 2.24. The Morgan fingerprint density at radius 1 is 1.13 bits per heavy atom. The van der Waals surface area contributed by atoms with Gasteiger partial charge in [0.05, 0.1) is 6.10 Å². The zero-order valence-corrected chi connectivity index (χ0v) is 9.03. The van der Waals surface area contributed by atoms with Crippen molar-refractivity contribution in [3.63, 3.8) is 0 Å². The predicted molar refractivity (Wildman–Crippen MR) is 64.1 cm³/mol. The highest BCUT2D eigenvalue weighted by Crippen LogP contribution is 2.27. The molecule has 0 saturated carbocycles. The van der Waals surface area contributed by atoms with Crippen LogP contribution in [-0.2, 0) is 0 Å². The highest BCUT2D eigenvalue weighted by molar-refractivity contribution is 5.94. The van der Waals surface area contributed by atoms with E-state index in [2.05, 4.69) is 0 Å². The normalized spacial score (nSPS) is 10.9. The molecule has 0 amide bonds. The summed E-state index contributed by atoms with van der Waals surface area (Å²) in [5.41, 5.74) is 6.72. The number of anilines is 1. The molecule has 2 aromatic rings. The summed E-state index contributed by atoms with van der Waals surface area (Å²) in [6, 6.07) is 11.9. The number of ether oxygens (including phenoxy) is 1. The molecule has 2 N–H and O–H groups in total. The van der Waals surface area contributed by atoms with Crippen LogP contribution in [0.3, 0.4) is 0 Å². The van der Waals surface area contributed by atoms with Gasteiger partial charge in [-0.2, -0.15) is 0 Å². The van der Waals surface area contributed by atoms with Crippen LogP contribution in [0.4, 0.5) is 5.69 Å². The van der Waals surface area contributed by atoms with Crippen molar-refractivity contribution in [3.8, 4) is 5.75 Å². The molecule has 2 rings (SSSR count). The van der Waals surface area contributed by atoms with Gasteiger partial charge < -0.3 is 10.5 Å². The van der Waals surface area contributed by atoms with Crippen molar-refractivity contribution in [3.05, 3.63) is 36.4 Å². The summed E-state index contributed by atoms with van der Waals surface area (Å²) >= 11 is 0. The molecular formula is C13H15NO. The molecule has 15 heavy (non-hydrogen) atoms. The summed E-state index contributed by atoms with van der Waals surface area (Å²) in [6.07, 6.45) is 0.172. The van der Waals surface area contributed by atoms with Crippen LogP contribution < -0.4 is 10.5 Å². The number of hydrogen-bond donors (Lipinski definition) is 1. The van der Waals surface area contributed by atoms with Gasteiger partial charge in [-0.1, -0.05) is 24.3 Å². The second kappa shape index (κ2) is 3.81. The molecule has 0 spiro atoms. The first-order chi connectivity index (χ1) is 7.16. The van der Waals surface area contributed by atoms with E-state index in [1.807, 2.05) is 50.2 Å². The van der Waals surface area contributed by atoms with Gasteiger partial charge in [0.15, 0.2) is 0 Å². The van der Waals surface area contributed by atoms with Gasteiger partial charge >= 0.3 is 0 Å². The maximum absolute atomic E-state index is 5.95. The minimum atomic E-state index is 0.172. The number of rotatable bonds is 2. The van der Waals surface area contributed by atoms with Crippen molar-refractivity contribution in [2.45, 2.75) is 20.0 Å². The summed E-state index contributed by atoms with van der Waals surface area (Å²) in [4.78, 5) is 0. The highest BCUT2D eigenvalue weighted by atomic mass is 16.5. The van der Waals surface area contributed by atoms with E-state index >= 15 is 0 Å². The minimum absolute atomic E-state index is 0.172. The van der Waals surface area contributed by atoms with Crippen LogP contribution in [0.1, 0.15) is 13.8 Å². The van der Waals surface area contributed by atoms with Gasteiger partial charge in [0.2, 0.25) is 0 Å². The Morgan fingerprint density at radius 2 is 1.87 bits per heavy atom. The summed E-state index contributed by atoms with van der Waals surface area (Å²) in [6.45, 7) is 4.01. The predicted octanol–water partition coefficient (Wildman–Crippen LogP) is 3.21. The van der Waals surface area contributed by atoms with Gasteiger partial charge in [0.25, 0.3) is 0 Å². The molecular weight excluding hydrogens is 186 g/mol. The van der Waals surface area contributed by atoms with E-state index in [0.29, 0.717) is 0 Å². The molecule has 0 aliphatic carbocycles. The standard InChI is InChI=1S/C13H15NO/c1-9(2)15-11-7-10-5-3-4-6-12(10)13(14)8-11/h3-9H,14H2,1-2H3. The van der Waals surface area contributed by atoms with Crippen LogP contribution in [0.5, 0.6) is 5.75 Å². The quantitative estimate of drug-likeness (QED) is 0.757. The summed E-state index contributed by atoms with van der Waals surface area (Å²) in [5.74, 6) is 0.834. The second-order valence-electron chi connectivity index (χ2n) is 3.90. The lowest BCUT2D eigenvalue weighted by Gasteiger charge is -2.11. The van der Waals surface area contributed by atoms with E-state index in [-0.39, 0.29) is 6.10 Å². The fourth-order valence-electron chi connectivity index (χ4n) is 1.65. The maximum atomic E-state index is 5.95. The van der Waals surface area contributed by atoms with E-state index in [9.17, 15) is 0 Å². The SMILES string of the molecule is CC(C)Oc1cc(N)c2ccccc2c1. The monoisotopic (exact) mass is 201 g/mol. The Kier molecular flexibility index (Phi) is 2.50. The molecule has 0 bridgehead atoms. The minimum Gasteiger partial charge on any atom is -0.491 e. The van der Waals surface area contributed by atoms with Crippen molar-refractivity contribution < 1.29 is 4.74 Å². The molecule has 0 fully saturated rings. The Morgan fingerprint density at radius 3 is 2.60 bits per heavy atom. The molecule has 0 radical (unpaired) electrons. The van der Waals surface area contributed by atoms with Crippen molar-refractivity contribution >= 4 is 16.5 Å². The first kappa shape index (κ1) is 9.84. The first-order valence-corrected chi connectivity index (χ1v) is 5.12. The highest BCUT2D eigenvalue weighted by Gasteiger charge is 2.03. The molecule has 0 saturated heterocycles. The summed E-state index contributed by atoms with van der Waals surface area (Å²) in [5, 5.41) is 2.20. The lowest BCUT2D eigenvalue weighted by molar-refractivity contribution is 0.243. The number of benzene rings is 2. The van der Waals surface area contributed by atoms with Crippen molar-refractivity contribution in [1.82, 2.24) is 0 Å². The molecule has 0 atom stereocenters. The average molecular weight is 201 g/mol. The summed E-state index contributed by atoms with van der Waals surface area (Å²) in [7, 11) is 0. The Labute approximate surface area is 89.7 Å². The van der Waals surface area contributed by atoms with Gasteiger partial charge in [0.1, 0.15) is 5.75 Å². The van der Waals surface area contributed by atoms with Crippen molar-refractivity contribution in [1.29, 1.82) is 0 Å². The first-order valence-electron chi connectivity index (χ1n) is 5.12. The van der Waals surface area contributed by atoms with Gasteiger partial charge in [0, 0.05) is 17.1 Å². The smallest absolute Gasteiger partial charge is 0.122 e. The fourth-order valence-corrected chi connectivity index (χ4v) is 1.65. The van der Waals surface area contributed by atoms with Gasteiger partial charge in [-0.05, 0) is 25.3 Å². The zero-order valence-electron chi connectivity index (χ0n) is 9.03. The van der Waals surface area contributed by atoms with E-state index in [1.165, 1.54) is 0 Å². The summed E-state index contributed by atoms with van der Waals surface area (Å²) < 4.78 is 5.62. The molecule has 2 nitrogen and oxygen atoms in total. The van der Waals surface area contributed by atoms with Crippen LogP contribution in [0, 0.1) is 0 Å². The van der Waals surface area contributed by atoms with E-state index in [0.717, 1.165) is 22.2 Å². The zero-order chi connectivity index (χ0) is 10.8. The second-order valence-corrected chi connectivity index (χ2v) is 3.90. The van der Waals surface area contributed by atoms with Gasteiger partial charge in [-0.25, -0.2) is 0 Å². The van der Waals surface area contributed by atoms with Gasteiger partial charge in [-0.3, -0.25) is 0 Å². The lowest BCUT2D eigenvalue weighted by atomic mass is 10.1. The van der Waals surface area contributed by atoms with Crippen LogP contribution in [-0.4, -0.2) is 6.10 Å². The number of fused-ring (bicyclic) bond motifs is 1. The number of nitrogens with two attached hydrogens (primary N) is 1. The lowest BCUT2D eigenvalue weighted by Crippen LogP contribution is -2.05. The maximum Gasteiger partial charge on any atom is 0.122 e. The Hall–Kier alpha value is -1.70.